The quantitative estimate of drug-likeness (QED) is 0.0160. The molecule has 0 unspecified atom stereocenters. The molecule has 8 aliphatic carbocycles. The second-order valence-corrected chi connectivity index (χ2v) is 40.5. The molecule has 13 rings (SSSR count). The minimum atomic E-state index is -0.836. The number of piperidine rings is 2. The highest BCUT2D eigenvalue weighted by atomic mass is 33.1. The lowest BCUT2D eigenvalue weighted by Gasteiger charge is -2.49. The van der Waals surface area contributed by atoms with Gasteiger partial charge >= 0.3 is 17.9 Å². The maximum absolute atomic E-state index is 13.9. The third-order valence-corrected chi connectivity index (χ3v) is 33.3. The molecule has 5 heterocycles. The van der Waals surface area contributed by atoms with E-state index in [9.17, 15) is 48.6 Å². The molecular formula is C86H133N5O19S4. The Morgan fingerprint density at radius 2 is 0.982 bits per heavy atom. The van der Waals surface area contributed by atoms with Crippen LogP contribution >= 0.6 is 43.2 Å². The van der Waals surface area contributed by atoms with Crippen LogP contribution < -0.4 is 11.1 Å². The number of fused-ring (bicyclic) bond motifs is 12. The average Bonchev–Trinajstić information content (AvgIpc) is 1.55. The zero-order valence-electron chi connectivity index (χ0n) is 69.6. The summed E-state index contributed by atoms with van der Waals surface area (Å²) in [6.07, 6.45) is 22.8. The second kappa shape index (κ2) is 41.5. The van der Waals surface area contributed by atoms with Gasteiger partial charge in [-0.3, -0.25) is 33.6 Å². The Morgan fingerprint density at radius 1 is 0.553 bits per heavy atom. The first-order valence-electron chi connectivity index (χ1n) is 42.8. The van der Waals surface area contributed by atoms with E-state index < -0.39 is 29.7 Å². The molecule has 4 saturated carbocycles. The second-order valence-electron chi connectivity index (χ2n) is 35.1. The Morgan fingerprint density at radius 3 is 1.44 bits per heavy atom. The summed E-state index contributed by atoms with van der Waals surface area (Å²) in [6.45, 7) is 24.5. The van der Waals surface area contributed by atoms with Crippen molar-refractivity contribution >= 4 is 90.6 Å². The standard InChI is InChI=1S/C41H64N2O8S2.C32H50N2O3S2.C13H19NO8/c1-26-22-35-39(43(25-26)37(46)12-20-52-53-21-15-42-36(45)8-9-38(47)50-19-18-49-17-16-48-5)28(3)41(51-35)14-11-31-32-7-6-29-23-30(44)10-13-40(29,4)34(32)24-33(31)27(41)2;1-19-15-28-30(34(18-19)29(36)9-13-38-39-14-12-33)21(3)32(37-28)11-8-24-25-6-5-22-16-23(35)7-10-31(22,4)27(25)17-26(24)20(32)2;1-19-6-7-20-8-9-21-12(17)4-5-13(18)22-14-10(15)2-3-11(14)16/h6,26,28,30-32,34-35,39,44H,7-25H2,1-5H3,(H,42,45);5,19,21,23-25,27-28,30,35H,6-18,33H2,1-4H3;2-9H2,1H3/t26-,28+,30-,31-,32-,34-,35+,39-,40-,41-;19-,21+,23-,24-,25-,27-,28+,30-,31-,32-;/m00./s1. The van der Waals surface area contributed by atoms with Gasteiger partial charge in [-0.05, 0) is 186 Å². The van der Waals surface area contributed by atoms with Crippen LogP contribution in [0.15, 0.2) is 45.6 Å². The molecule has 0 aromatic carbocycles. The van der Waals surface area contributed by atoms with Gasteiger partial charge in [0.05, 0.1) is 107 Å². The van der Waals surface area contributed by atoms with Gasteiger partial charge in [-0.1, -0.05) is 119 Å². The maximum Gasteiger partial charge on any atom is 0.333 e. The highest BCUT2D eigenvalue weighted by molar-refractivity contribution is 8.77. The normalized spacial score (nSPS) is 34.9. The Hall–Kier alpha value is -4.04. The summed E-state index contributed by atoms with van der Waals surface area (Å²) in [7, 11) is 10.0. The fourth-order valence-corrected chi connectivity index (χ4v) is 26.4. The van der Waals surface area contributed by atoms with E-state index in [4.69, 9.17) is 43.6 Å². The Balaban J connectivity index is 0.000000184. The number of hydroxylamine groups is 2. The lowest BCUT2D eigenvalue weighted by atomic mass is 9.56. The van der Waals surface area contributed by atoms with Crippen LogP contribution in [-0.2, 0) is 81.1 Å². The van der Waals surface area contributed by atoms with E-state index in [-0.39, 0.29) is 135 Å². The molecule has 5 amide bonds. The minimum absolute atomic E-state index is 0.0250. The zero-order valence-corrected chi connectivity index (χ0v) is 72.8. The molecule has 0 radical (unpaired) electrons. The number of allylic oxidation sites excluding steroid dienone is 4. The molecular weight excluding hydrogens is 1540 g/mol. The van der Waals surface area contributed by atoms with Gasteiger partial charge in [0, 0.05) is 107 Å². The van der Waals surface area contributed by atoms with Gasteiger partial charge in [-0.15, -0.1) is 5.06 Å². The van der Waals surface area contributed by atoms with Gasteiger partial charge in [-0.25, -0.2) is 4.79 Å². The number of nitrogens with two attached hydrogens (primary N) is 1. The molecule has 9 fully saturated rings. The van der Waals surface area contributed by atoms with E-state index in [0.29, 0.717) is 117 Å². The number of aliphatic hydroxyl groups is 2. The van der Waals surface area contributed by atoms with Crippen molar-refractivity contribution < 1.29 is 91.3 Å². The fourth-order valence-electron chi connectivity index (χ4n) is 22.6. The lowest BCUT2D eigenvalue weighted by Crippen LogP contribution is -2.54. The zero-order chi connectivity index (χ0) is 81.7. The number of methoxy groups -OCH3 is 2. The molecule has 0 bridgehead atoms. The van der Waals surface area contributed by atoms with Crippen LogP contribution in [0.3, 0.4) is 0 Å². The monoisotopic (exact) mass is 1670 g/mol. The van der Waals surface area contributed by atoms with Crippen LogP contribution in [0.2, 0.25) is 0 Å². The molecule has 0 aromatic heterocycles. The number of hydrogen-bond donors (Lipinski definition) is 4. The van der Waals surface area contributed by atoms with Gasteiger partial charge in [0.2, 0.25) is 17.7 Å². The molecule has 0 aromatic rings. The molecule has 5 N–H and O–H groups in total. The number of aliphatic hydroxyl groups excluding tert-OH is 2. The number of hydrogen-bond acceptors (Lipinski definition) is 24. The van der Waals surface area contributed by atoms with Crippen LogP contribution in [0, 0.1) is 70.0 Å². The van der Waals surface area contributed by atoms with E-state index in [1.807, 2.05) is 0 Å². The first kappa shape index (κ1) is 90.7. The number of likely N-dealkylation sites (tertiary alicyclic amines) is 2. The number of amides is 5. The topological polar surface area (TPSA) is 308 Å². The fraction of sp³-hybridized carbons (Fsp3) is 0.814. The minimum Gasteiger partial charge on any atom is -0.463 e. The molecule has 2 spiro atoms. The van der Waals surface area contributed by atoms with Crippen LogP contribution in [-0.4, -0.2) is 236 Å². The van der Waals surface area contributed by atoms with Crippen molar-refractivity contribution in [3.05, 3.63) is 45.6 Å². The van der Waals surface area contributed by atoms with Gasteiger partial charge in [0.25, 0.3) is 11.8 Å². The molecule has 24 nitrogen and oxygen atoms in total. The summed E-state index contributed by atoms with van der Waals surface area (Å²) in [6, 6.07) is 0.302. The number of nitrogens with zero attached hydrogens (tertiary/aromatic N) is 3. The van der Waals surface area contributed by atoms with Crippen molar-refractivity contribution in [1.82, 2.24) is 20.2 Å². The Labute approximate surface area is 692 Å². The van der Waals surface area contributed by atoms with E-state index in [2.05, 4.69) is 87.5 Å². The number of rotatable bonds is 32. The van der Waals surface area contributed by atoms with Crippen molar-refractivity contribution in [2.75, 3.05) is 116 Å². The predicted molar refractivity (Wildman–Crippen MR) is 442 cm³/mol. The third kappa shape index (κ3) is 20.8. The number of carbonyl (C=O) groups excluding carboxylic acids is 8. The van der Waals surface area contributed by atoms with Crippen LogP contribution in [0.25, 0.3) is 0 Å². The van der Waals surface area contributed by atoms with Crippen molar-refractivity contribution in [3.8, 4) is 0 Å². The highest BCUT2D eigenvalue weighted by Crippen LogP contribution is 2.68. The number of imide groups is 1. The van der Waals surface area contributed by atoms with Crippen LogP contribution in [0.4, 0.5) is 0 Å². The van der Waals surface area contributed by atoms with Gasteiger partial charge in [0.1, 0.15) is 13.2 Å². The smallest absolute Gasteiger partial charge is 0.333 e. The molecule has 5 saturated heterocycles. The Kier molecular flexibility index (Phi) is 33.0. The molecule has 13 aliphatic rings. The van der Waals surface area contributed by atoms with Crippen LogP contribution in [0.1, 0.15) is 209 Å². The maximum atomic E-state index is 13.9. The van der Waals surface area contributed by atoms with Gasteiger partial charge in [0.15, 0.2) is 0 Å². The largest absolute Gasteiger partial charge is 0.463 e. The van der Waals surface area contributed by atoms with Gasteiger partial charge < -0.3 is 73.8 Å². The number of esters is 2. The summed E-state index contributed by atoms with van der Waals surface area (Å²) in [5.74, 6) is 6.19. The lowest BCUT2D eigenvalue weighted by molar-refractivity contribution is -0.197. The average molecular weight is 1670 g/mol. The molecule has 114 heavy (non-hydrogen) atoms. The third-order valence-electron chi connectivity index (χ3n) is 28.4. The molecule has 640 valence electrons. The summed E-state index contributed by atoms with van der Waals surface area (Å²) < 4.78 is 44.4. The van der Waals surface area contributed by atoms with E-state index in [0.717, 1.165) is 119 Å². The number of carbonyl (C=O) groups is 8. The summed E-state index contributed by atoms with van der Waals surface area (Å²) >= 11 is 0. The summed E-state index contributed by atoms with van der Waals surface area (Å²) in [4.78, 5) is 106. The highest BCUT2D eigenvalue weighted by Gasteiger charge is 2.65. The SMILES string of the molecule is CC1=C2C[C@H]3[C@@H](CC=C4C[C@@H](O)CC[C@@]43C)[C@@H]2CC[C@]12O[C@@H]1C[C@H](C)CN(C(=O)CCSSCCN)[C@H]1[C@H]2C.COCCOCCOC(=O)CCC(=O)NCCSSCCC(=O)N1C[C@@H](C)C[C@H]2O[C@]3(CC[C@@H]4C(=C3C)C[C@H]3[C@H]4CC=C4C[C@@H](O)CC[C@@]43C)[C@H](C)[C@@H]21.COCCOCCOC(=O)CCC(=O)ON1C(=O)CCC1=O. The van der Waals surface area contributed by atoms with Crippen LogP contribution in [0.5, 0.6) is 0 Å². The van der Waals surface area contributed by atoms with E-state index >= 15 is 0 Å². The van der Waals surface area contributed by atoms with Crippen molar-refractivity contribution in [2.24, 2.45) is 75.7 Å². The van der Waals surface area contributed by atoms with Gasteiger partial charge in [-0.2, -0.15) is 0 Å². The molecule has 28 heteroatoms. The molecule has 5 aliphatic heterocycles. The van der Waals surface area contributed by atoms with E-state index in [1.165, 1.54) is 48.0 Å². The number of ether oxygens (including phenoxy) is 8. The molecule has 20 atom stereocenters. The first-order valence-corrected chi connectivity index (χ1v) is 47.8. The number of nitrogens with one attached hydrogen (secondary N) is 1. The summed E-state index contributed by atoms with van der Waals surface area (Å²) in [5.41, 5.74) is 15.0. The summed E-state index contributed by atoms with van der Waals surface area (Å²) in [5, 5.41) is 24.1. The Bertz CT molecular complexity index is 3490. The van der Waals surface area contributed by atoms with Crippen molar-refractivity contribution in [3.63, 3.8) is 0 Å². The van der Waals surface area contributed by atoms with Crippen molar-refractivity contribution in [1.29, 1.82) is 0 Å². The van der Waals surface area contributed by atoms with Crippen molar-refractivity contribution in [2.45, 2.75) is 257 Å². The first-order chi connectivity index (χ1) is 54.7. The van der Waals surface area contributed by atoms with E-state index in [1.54, 1.807) is 68.5 Å². The predicted octanol–water partition coefficient (Wildman–Crippen LogP) is 11.7.